The van der Waals surface area contributed by atoms with Gasteiger partial charge in [-0.1, -0.05) is 9.24 Å². The molecule has 10 heteroatoms. The smallest absolute Gasteiger partial charge is 0.351 e. The lowest BCUT2D eigenvalue weighted by Crippen LogP contribution is -2.40. The van der Waals surface area contributed by atoms with Crippen LogP contribution in [0.25, 0.3) is 0 Å². The van der Waals surface area contributed by atoms with E-state index in [1.165, 1.54) is 19.2 Å². The van der Waals surface area contributed by atoms with Crippen LogP contribution in [-0.4, -0.2) is 49.9 Å². The van der Waals surface area contributed by atoms with Crippen LogP contribution >= 0.6 is 9.24 Å². The molecule has 116 valence electrons. The fourth-order valence-corrected chi connectivity index (χ4v) is 2.49. The predicted molar refractivity (Wildman–Crippen MR) is 73.4 cm³/mol. The summed E-state index contributed by atoms with van der Waals surface area (Å²) in [4.78, 5) is 26.4. The molecule has 0 aliphatic carbocycles. The molecule has 0 aromatic carbocycles. The normalized spacial score (nSPS) is 32.1. The fourth-order valence-electron chi connectivity index (χ4n) is 2.04. The molecule has 1 saturated heterocycles. The number of anilines is 1. The molecule has 1 amide bonds. The van der Waals surface area contributed by atoms with Crippen molar-refractivity contribution in [3.63, 3.8) is 0 Å². The molecule has 21 heavy (non-hydrogen) atoms. The molecule has 0 radical (unpaired) electrons. The van der Waals surface area contributed by atoms with Crippen molar-refractivity contribution in [2.24, 2.45) is 0 Å². The van der Waals surface area contributed by atoms with Crippen molar-refractivity contribution in [1.29, 1.82) is 0 Å². The molecule has 3 unspecified atom stereocenters. The van der Waals surface area contributed by atoms with Crippen LogP contribution < -0.4 is 11.0 Å². The number of aliphatic hydroxyl groups is 2. The van der Waals surface area contributed by atoms with Crippen molar-refractivity contribution in [2.45, 2.75) is 30.8 Å². The number of carbonyl (C=O) groups is 1. The number of halogens is 1. The molecular weight excluding hydrogens is 304 g/mol. The highest BCUT2D eigenvalue weighted by molar-refractivity contribution is 7.18. The first-order valence-corrected chi connectivity index (χ1v) is 6.64. The summed E-state index contributed by atoms with van der Waals surface area (Å²) >= 11 is 0. The molecule has 1 aromatic rings. The van der Waals surface area contributed by atoms with E-state index in [1.807, 2.05) is 0 Å². The number of alkyl halides is 1. The summed E-state index contributed by atoms with van der Waals surface area (Å²) in [6, 6.07) is 1.30. The fraction of sp³-hybridized carbons (Fsp3) is 0.545. The van der Waals surface area contributed by atoms with Gasteiger partial charge in [0.15, 0.2) is 11.6 Å². The summed E-state index contributed by atoms with van der Waals surface area (Å²) in [5.74, 6) is -0.382. The predicted octanol–water partition coefficient (Wildman–Crippen LogP) is -1.01. The monoisotopic (exact) mass is 319 g/mol. The van der Waals surface area contributed by atoms with E-state index in [4.69, 9.17) is 9.84 Å². The molecule has 1 aliphatic rings. The van der Waals surface area contributed by atoms with Gasteiger partial charge in [0.05, 0.1) is 6.61 Å². The van der Waals surface area contributed by atoms with Gasteiger partial charge in [-0.2, -0.15) is 4.98 Å². The van der Waals surface area contributed by atoms with Gasteiger partial charge in [-0.15, -0.1) is 0 Å². The Bertz CT molecular complexity index is 608. The van der Waals surface area contributed by atoms with Crippen LogP contribution in [0.15, 0.2) is 17.1 Å². The van der Waals surface area contributed by atoms with Crippen molar-refractivity contribution < 1.29 is 24.1 Å². The van der Waals surface area contributed by atoms with Crippen molar-refractivity contribution >= 4 is 21.0 Å². The van der Waals surface area contributed by atoms with Crippen molar-refractivity contribution in [3.8, 4) is 0 Å². The Hall–Kier alpha value is -1.41. The van der Waals surface area contributed by atoms with E-state index in [2.05, 4.69) is 10.3 Å². The van der Waals surface area contributed by atoms with E-state index in [-0.39, 0.29) is 5.82 Å². The van der Waals surface area contributed by atoms with Gasteiger partial charge < -0.3 is 20.3 Å². The molecule has 0 bridgehead atoms. The number of aliphatic hydroxyl groups excluding tert-OH is 2. The minimum atomic E-state index is -2.35. The van der Waals surface area contributed by atoms with Crippen LogP contribution in [-0.2, 0) is 9.53 Å². The molecule has 1 aromatic heterocycles. The quantitative estimate of drug-likeness (QED) is 0.616. The molecule has 3 N–H and O–H groups in total. The Morgan fingerprint density at radius 2 is 2.38 bits per heavy atom. The highest BCUT2D eigenvalue weighted by atomic mass is 31.0. The van der Waals surface area contributed by atoms with Crippen molar-refractivity contribution in [1.82, 2.24) is 9.55 Å². The second-order valence-electron chi connectivity index (χ2n) is 4.67. The van der Waals surface area contributed by atoms with E-state index in [0.717, 1.165) is 4.57 Å². The molecular formula is C11H15FN3O5P. The zero-order valence-electron chi connectivity index (χ0n) is 11.1. The summed E-state index contributed by atoms with van der Waals surface area (Å²) < 4.78 is 20.5. The van der Waals surface area contributed by atoms with Crippen LogP contribution in [0.2, 0.25) is 0 Å². The number of carbonyl (C=O) groups excluding carboxylic acids is 1. The summed E-state index contributed by atoms with van der Waals surface area (Å²) in [6.07, 6.45) is -3.03. The van der Waals surface area contributed by atoms with Gasteiger partial charge in [0.25, 0.3) is 0 Å². The Morgan fingerprint density at radius 1 is 1.71 bits per heavy atom. The Morgan fingerprint density at radius 3 is 2.86 bits per heavy atom. The molecule has 1 fully saturated rings. The molecule has 2 heterocycles. The van der Waals surface area contributed by atoms with E-state index in [9.17, 15) is 19.1 Å². The Labute approximate surface area is 121 Å². The SMILES string of the molecule is CC(=O)Nc1ccn([C@@H]2O[C@H](CO)C(O)C2(F)P)c(=O)n1. The average molecular weight is 319 g/mol. The zero-order valence-corrected chi connectivity index (χ0v) is 12.2. The molecule has 1 aliphatic heterocycles. The molecule has 0 saturated carbocycles. The maximum Gasteiger partial charge on any atom is 0.351 e. The first-order chi connectivity index (χ1) is 9.77. The van der Waals surface area contributed by atoms with Crippen LogP contribution in [0.3, 0.4) is 0 Å². The number of aromatic nitrogens is 2. The third-order valence-electron chi connectivity index (χ3n) is 3.05. The second kappa shape index (κ2) is 5.76. The van der Waals surface area contributed by atoms with Gasteiger partial charge >= 0.3 is 5.69 Å². The summed E-state index contributed by atoms with van der Waals surface area (Å²) in [7, 11) is 1.79. The third-order valence-corrected chi connectivity index (χ3v) is 3.68. The van der Waals surface area contributed by atoms with Gasteiger partial charge in [0.1, 0.15) is 18.0 Å². The lowest BCUT2D eigenvalue weighted by atomic mass is 10.1. The summed E-state index contributed by atoms with van der Waals surface area (Å²) in [5, 5.41) is 18.7. The molecule has 2 rings (SSSR count). The second-order valence-corrected chi connectivity index (χ2v) is 5.55. The minimum Gasteiger partial charge on any atom is -0.394 e. The Kier molecular flexibility index (Phi) is 4.38. The lowest BCUT2D eigenvalue weighted by molar-refractivity contribution is -0.114. The number of hydrogen-bond acceptors (Lipinski definition) is 6. The molecule has 0 spiro atoms. The van der Waals surface area contributed by atoms with Gasteiger partial charge in [-0.05, 0) is 6.07 Å². The number of rotatable bonds is 3. The zero-order chi connectivity index (χ0) is 15.8. The summed E-state index contributed by atoms with van der Waals surface area (Å²) in [5.41, 5.74) is -0.860. The van der Waals surface area contributed by atoms with Gasteiger partial charge in [0, 0.05) is 13.1 Å². The van der Waals surface area contributed by atoms with Gasteiger partial charge in [0.2, 0.25) is 5.91 Å². The summed E-state index contributed by atoms with van der Waals surface area (Å²) in [6.45, 7) is 0.661. The van der Waals surface area contributed by atoms with Crippen LogP contribution in [0, 0.1) is 0 Å². The number of hydrogen-bond donors (Lipinski definition) is 3. The first kappa shape index (κ1) is 16.0. The number of ether oxygens (including phenoxy) is 1. The van der Waals surface area contributed by atoms with Crippen LogP contribution in [0.1, 0.15) is 13.2 Å². The number of amides is 1. The highest BCUT2D eigenvalue weighted by Gasteiger charge is 2.55. The minimum absolute atomic E-state index is 0.0224. The topological polar surface area (TPSA) is 114 Å². The maximum absolute atomic E-state index is 14.5. The third kappa shape index (κ3) is 2.96. The van der Waals surface area contributed by atoms with Crippen molar-refractivity contribution in [3.05, 3.63) is 22.7 Å². The largest absolute Gasteiger partial charge is 0.394 e. The average Bonchev–Trinajstić information content (AvgIpc) is 2.61. The van der Waals surface area contributed by atoms with Crippen LogP contribution in [0.4, 0.5) is 10.2 Å². The van der Waals surface area contributed by atoms with E-state index in [0.29, 0.717) is 0 Å². The highest BCUT2D eigenvalue weighted by Crippen LogP contribution is 2.45. The van der Waals surface area contributed by atoms with E-state index >= 15 is 0 Å². The van der Waals surface area contributed by atoms with E-state index < -0.39 is 42.0 Å². The van der Waals surface area contributed by atoms with Crippen molar-refractivity contribution in [2.75, 3.05) is 11.9 Å². The molecule has 8 nitrogen and oxygen atoms in total. The standard InChI is InChI=1S/C11H15FN3O5P/c1-5(17)13-7-2-3-15(10(19)14-7)9-11(12,21)8(18)6(4-16)20-9/h2-3,6,8-9,16,18H,4,21H2,1H3,(H,13,14,17,19)/t6-,8?,9-,11?/m1/s1. The number of nitrogens with one attached hydrogen (secondary N) is 1. The molecule has 5 atom stereocenters. The van der Waals surface area contributed by atoms with Gasteiger partial charge in [-0.3, -0.25) is 9.36 Å². The van der Waals surface area contributed by atoms with Gasteiger partial charge in [-0.25, -0.2) is 9.18 Å². The van der Waals surface area contributed by atoms with Crippen LogP contribution in [0.5, 0.6) is 0 Å². The maximum atomic E-state index is 14.5. The first-order valence-electron chi connectivity index (χ1n) is 6.06. The lowest BCUT2D eigenvalue weighted by Gasteiger charge is -2.24. The van der Waals surface area contributed by atoms with E-state index in [1.54, 1.807) is 9.24 Å². The number of nitrogens with zero attached hydrogens (tertiary/aromatic N) is 2. The Balaban J connectivity index is 2.34.